The van der Waals surface area contributed by atoms with Gasteiger partial charge in [0.05, 0.1) is 71.7 Å². The lowest BCUT2D eigenvalue weighted by Crippen LogP contribution is -2.29. The van der Waals surface area contributed by atoms with Gasteiger partial charge in [0, 0.05) is 44.7 Å². The Balaban J connectivity index is -0.000000165. The minimum atomic E-state index is -0.953. The van der Waals surface area contributed by atoms with Crippen LogP contribution in [0, 0.1) is 0 Å². The third kappa shape index (κ3) is 64.0. The van der Waals surface area contributed by atoms with Crippen molar-refractivity contribution in [2.75, 3.05) is 106 Å². The molecule has 0 rings (SSSR count). The van der Waals surface area contributed by atoms with Crippen LogP contribution < -0.4 is 5.32 Å². The van der Waals surface area contributed by atoms with Crippen LogP contribution in [0.1, 0.15) is 45.2 Å². The Morgan fingerprint density at radius 1 is 0.473 bits per heavy atom. The lowest BCUT2D eigenvalue weighted by atomic mass is 10.3. The Bertz CT molecular complexity index is 1500. The molecule has 0 radical (unpaired) electrons. The van der Waals surface area contributed by atoms with Gasteiger partial charge in [0.1, 0.15) is 64.1 Å². The van der Waals surface area contributed by atoms with Crippen molar-refractivity contribution in [1.82, 2.24) is 5.32 Å². The Hall–Kier alpha value is -5.97. The van der Waals surface area contributed by atoms with E-state index in [1.165, 1.54) is 14.8 Å². The molecule has 0 aromatic carbocycles. The van der Waals surface area contributed by atoms with E-state index in [-0.39, 0.29) is 117 Å². The Kier molecular flexibility index (Phi) is 60.2. The van der Waals surface area contributed by atoms with Crippen LogP contribution in [0.4, 0.5) is 0 Å². The lowest BCUT2D eigenvalue weighted by Gasteiger charge is -2.17. The number of ether oxygens (including phenoxy) is 10. The lowest BCUT2D eigenvalue weighted by molar-refractivity contribution is -0.144. The second-order valence-electron chi connectivity index (χ2n) is 13.8. The number of hydrogen-bond acceptors (Lipinski definition) is 24. The first kappa shape index (κ1) is 76.9. The van der Waals surface area contributed by atoms with E-state index in [1.807, 2.05) is 0 Å². The van der Waals surface area contributed by atoms with Gasteiger partial charge in [0.25, 0.3) is 0 Å². The zero-order valence-corrected chi connectivity index (χ0v) is 43.7. The van der Waals surface area contributed by atoms with Crippen LogP contribution in [0.5, 0.6) is 0 Å². The summed E-state index contributed by atoms with van der Waals surface area (Å²) in [5.41, 5.74) is 0.701. The van der Waals surface area contributed by atoms with Gasteiger partial charge < -0.3 is 88.4 Å². The number of esters is 6. The molecule has 0 saturated carbocycles. The smallest absolute Gasteiger partial charge is 0.333 e. The first-order valence-electron chi connectivity index (χ1n) is 23.6. The van der Waals surface area contributed by atoms with E-state index >= 15 is 0 Å². The van der Waals surface area contributed by atoms with Crippen LogP contribution in [0.2, 0.25) is 0 Å². The Morgan fingerprint density at radius 3 is 0.986 bits per heavy atom. The monoisotopic (exact) mass is 1070 g/mol. The molecule has 0 aromatic heterocycles. The number of aliphatic hydroxyl groups excluding tert-OH is 7. The number of rotatable bonds is 35. The number of amides is 1. The molecule has 0 aliphatic heterocycles. The number of aliphatic hydroxyl groups is 7. The van der Waals surface area contributed by atoms with E-state index in [1.54, 1.807) is 27.7 Å². The minimum Gasteiger partial charge on any atom is -0.460 e. The maximum absolute atomic E-state index is 10.8. The normalized spacial score (nSPS) is 12.1. The van der Waals surface area contributed by atoms with Gasteiger partial charge in [-0.2, -0.15) is 0 Å². The standard InChI is InChI=1S/2C15H24O8.2C6H10O3.C5H9NO2.2CH4/c2*1-4-14(18)22-9-12(16)7-20-6-11(3)21-8-13(17)10-23-15(19)5-2;2*1-5(2)6(8)9-4-3-7;1-2-5(8)6-3-4-7;;/h2*4-5,11-13,16-17H,1-2,6-10H2,3H3;2*7H,1,3-4H2,2H3;2,7H,1,3-4H2,(H,6,8);2*1H4/i;;;;;2*1D. The second kappa shape index (κ2) is 57.9. The van der Waals surface area contributed by atoms with Crippen LogP contribution in [-0.2, 0) is 80.9 Å². The molecule has 1 amide bonds. The van der Waals surface area contributed by atoms with Crippen molar-refractivity contribution in [2.24, 2.45) is 0 Å². The molecule has 0 fully saturated rings. The van der Waals surface area contributed by atoms with Crippen molar-refractivity contribution < 1.29 is 119 Å². The van der Waals surface area contributed by atoms with Crippen LogP contribution in [0.3, 0.4) is 0 Å². The Morgan fingerprint density at radius 2 is 0.757 bits per heavy atom. The maximum Gasteiger partial charge on any atom is 0.333 e. The van der Waals surface area contributed by atoms with Crippen molar-refractivity contribution >= 4 is 41.7 Å². The van der Waals surface area contributed by atoms with Gasteiger partial charge in [0.15, 0.2) is 0 Å². The number of carbonyl (C=O) groups is 7. The zero-order valence-electron chi connectivity index (χ0n) is 45.7. The number of carbonyl (C=O) groups excluding carboxylic acids is 7. The maximum atomic E-state index is 10.8. The molecule has 0 aromatic rings. The highest BCUT2D eigenvalue weighted by atomic mass is 16.6. The summed E-state index contributed by atoms with van der Waals surface area (Å²) in [6.45, 7) is 28.9. The van der Waals surface area contributed by atoms with Gasteiger partial charge in [-0.25, -0.2) is 28.8 Å². The molecule has 8 N–H and O–H groups in total. The fraction of sp³-hybridized carbons (Fsp3) is 0.571. The molecule has 0 heterocycles. The number of hydrogen-bond donors (Lipinski definition) is 8. The van der Waals surface area contributed by atoms with E-state index < -0.39 is 60.2 Å². The second-order valence-corrected chi connectivity index (χ2v) is 13.8. The topological polar surface area (TPSA) is 365 Å². The molecule has 0 bridgehead atoms. The van der Waals surface area contributed by atoms with E-state index in [2.05, 4.69) is 79.8 Å². The van der Waals surface area contributed by atoms with Crippen LogP contribution >= 0.6 is 0 Å². The van der Waals surface area contributed by atoms with Crippen LogP contribution in [-0.4, -0.2) is 220 Å². The van der Waals surface area contributed by atoms with E-state index in [0.717, 1.165) is 30.4 Å². The van der Waals surface area contributed by atoms with Gasteiger partial charge in [-0.15, -0.1) is 0 Å². The van der Waals surface area contributed by atoms with E-state index in [0.29, 0.717) is 17.7 Å². The van der Waals surface area contributed by atoms with Crippen molar-refractivity contribution in [3.63, 3.8) is 0 Å². The van der Waals surface area contributed by atoms with E-state index in [9.17, 15) is 54.0 Å². The molecule has 25 heteroatoms. The van der Waals surface area contributed by atoms with Gasteiger partial charge in [-0.05, 0) is 33.8 Å². The predicted octanol–water partition coefficient (Wildman–Crippen LogP) is -0.0743. The van der Waals surface area contributed by atoms with Crippen molar-refractivity contribution in [3.05, 3.63) is 87.6 Å². The molecule has 0 aliphatic rings. The average Bonchev–Trinajstić information content (AvgIpc) is 3.42. The highest BCUT2D eigenvalue weighted by Gasteiger charge is 2.14. The van der Waals surface area contributed by atoms with Gasteiger partial charge in [-0.1, -0.05) is 60.9 Å². The van der Waals surface area contributed by atoms with Crippen LogP contribution in [0.25, 0.3) is 0 Å². The summed E-state index contributed by atoms with van der Waals surface area (Å²) in [5.74, 6) is -3.64. The zero-order chi connectivity index (χ0) is 60.3. The predicted molar refractivity (Wildman–Crippen MR) is 271 cm³/mol. The third-order valence-electron chi connectivity index (χ3n) is 6.75. The molecule has 74 heavy (non-hydrogen) atoms. The Labute approximate surface area is 438 Å². The summed E-state index contributed by atoms with van der Waals surface area (Å²) in [4.78, 5) is 74.3. The summed E-state index contributed by atoms with van der Waals surface area (Å²) < 4.78 is 60.0. The van der Waals surface area contributed by atoms with Crippen molar-refractivity contribution in [2.45, 2.75) is 79.1 Å². The van der Waals surface area contributed by atoms with Gasteiger partial charge >= 0.3 is 35.8 Å². The minimum absolute atomic E-state index is 0.0282. The molecule has 0 saturated heterocycles. The van der Waals surface area contributed by atoms with Gasteiger partial charge in [-0.3, -0.25) is 4.79 Å². The molecule has 25 nitrogen and oxygen atoms in total. The molecule has 6 atom stereocenters. The molecule has 6 unspecified atom stereocenters. The quantitative estimate of drug-likeness (QED) is 0.0234. The van der Waals surface area contributed by atoms with Crippen molar-refractivity contribution in [3.8, 4) is 0 Å². The summed E-state index contributed by atoms with van der Waals surface area (Å²) in [7, 11) is 2.50. The SMILES string of the molecule is C=C(C)C(=O)OCCO.C=C(C)C(=O)OCCO.C=CC(=O)NCCO.C=CC(=O)OCC(O)COCC(C)OCC(O)COC(=O)C=C.C=CC(=O)OCC(O)COCC(C)OCC(O)COC(=O)C=C.[2H]C.[2H]C. The average molecular weight is 1070 g/mol. The molecule has 0 aliphatic carbocycles. The fourth-order valence-electron chi connectivity index (χ4n) is 3.30. The largest absolute Gasteiger partial charge is 0.460 e. The summed E-state index contributed by atoms with van der Waals surface area (Å²) >= 11 is 0. The molecule has 0 spiro atoms. The first-order chi connectivity index (χ1) is 35.9. The number of nitrogens with one attached hydrogen (secondary N) is 1. The fourth-order valence-corrected chi connectivity index (χ4v) is 3.30. The highest BCUT2D eigenvalue weighted by molar-refractivity contribution is 5.87. The van der Waals surface area contributed by atoms with Crippen LogP contribution in [0.15, 0.2) is 87.6 Å². The molecular weight excluding hydrogens is 987 g/mol. The summed E-state index contributed by atoms with van der Waals surface area (Å²) in [6, 6.07) is 0. The van der Waals surface area contributed by atoms with E-state index in [4.69, 9.17) is 37.0 Å². The summed E-state index contributed by atoms with van der Waals surface area (Å²) in [5, 5.41) is 65.0. The summed E-state index contributed by atoms with van der Waals surface area (Å²) in [6.07, 6.45) is 0.673. The van der Waals surface area contributed by atoms with Crippen molar-refractivity contribution in [1.29, 1.82) is 0 Å². The first-order valence-corrected chi connectivity index (χ1v) is 21.6. The molecule has 430 valence electrons. The third-order valence-corrected chi connectivity index (χ3v) is 6.75. The van der Waals surface area contributed by atoms with Gasteiger partial charge in [0.2, 0.25) is 5.91 Å². The highest BCUT2D eigenvalue weighted by Crippen LogP contribution is 2.00. The molecular formula is C49H85NO24.